The second-order valence-corrected chi connectivity index (χ2v) is 9.81. The van der Waals surface area contributed by atoms with Gasteiger partial charge in [-0.1, -0.05) is 6.07 Å². The molecule has 2 aliphatic rings. The van der Waals surface area contributed by atoms with Crippen LogP contribution in [0.1, 0.15) is 25.3 Å². The highest BCUT2D eigenvalue weighted by Gasteiger charge is 2.36. The van der Waals surface area contributed by atoms with Crippen molar-refractivity contribution in [2.24, 2.45) is 5.92 Å². The van der Waals surface area contributed by atoms with Gasteiger partial charge in [-0.15, -0.1) is 0 Å². The average Bonchev–Trinajstić information content (AvgIpc) is 3.31. The molecule has 2 fully saturated rings. The lowest BCUT2D eigenvalue weighted by atomic mass is 10.00. The molecule has 2 amide bonds. The first kappa shape index (κ1) is 27.0. The molecular formula is C26H34F3N5O3. The molecule has 1 aromatic carbocycles. The first-order chi connectivity index (χ1) is 17.6. The minimum absolute atomic E-state index is 0.0929. The van der Waals surface area contributed by atoms with Crippen molar-refractivity contribution in [3.63, 3.8) is 0 Å². The van der Waals surface area contributed by atoms with E-state index < -0.39 is 30.7 Å². The third-order valence-electron chi connectivity index (χ3n) is 6.62. The van der Waals surface area contributed by atoms with Crippen molar-refractivity contribution in [3.8, 4) is 11.1 Å². The van der Waals surface area contributed by atoms with Crippen molar-refractivity contribution in [1.29, 1.82) is 0 Å². The molecule has 0 aliphatic carbocycles. The van der Waals surface area contributed by atoms with E-state index in [1.54, 1.807) is 13.0 Å². The molecule has 3 N–H and O–H groups in total. The number of benzene rings is 1. The number of carbonyl (C=O) groups is 1. The number of urea groups is 1. The van der Waals surface area contributed by atoms with Crippen molar-refractivity contribution in [1.82, 2.24) is 9.88 Å². The molecular weight excluding hydrogens is 487 g/mol. The van der Waals surface area contributed by atoms with Crippen LogP contribution in [0.5, 0.6) is 0 Å². The topological polar surface area (TPSA) is 90.0 Å². The fourth-order valence-electron chi connectivity index (χ4n) is 4.69. The number of halogens is 3. The second kappa shape index (κ2) is 11.6. The highest BCUT2D eigenvalue weighted by atomic mass is 19.4. The van der Waals surface area contributed by atoms with Crippen LogP contribution in [0.15, 0.2) is 30.3 Å². The Morgan fingerprint density at radius 3 is 2.68 bits per heavy atom. The largest absolute Gasteiger partial charge is 0.392 e. The smallest absolute Gasteiger partial charge is 0.389 e. The molecule has 37 heavy (non-hydrogen) atoms. The average molecular weight is 522 g/mol. The number of alkyl halides is 3. The summed E-state index contributed by atoms with van der Waals surface area (Å²) in [5, 5.41) is 15.8. The van der Waals surface area contributed by atoms with Crippen LogP contribution in [0, 0.1) is 12.8 Å². The van der Waals surface area contributed by atoms with Crippen LogP contribution in [0.4, 0.5) is 35.3 Å². The Kier molecular flexibility index (Phi) is 8.43. The van der Waals surface area contributed by atoms with Gasteiger partial charge in [-0.05, 0) is 67.1 Å². The number of morpholine rings is 1. The fourth-order valence-corrected chi connectivity index (χ4v) is 4.69. The number of carbonyl (C=O) groups excluding carboxylic acids is 1. The number of hydrogen-bond acceptors (Lipinski definition) is 6. The summed E-state index contributed by atoms with van der Waals surface area (Å²) in [4.78, 5) is 21.1. The molecule has 3 heterocycles. The number of aromatic nitrogens is 1. The number of aliphatic hydroxyl groups excluding tert-OH is 1. The SMILES string of the molecule is Cc1ccc(NC(=O)N2CC[C@@H](CC(F)(F)F)C2)cc1-c1cc(NC[C@H](C)O)nc(N2CCOCC2)c1. The number of amides is 2. The maximum atomic E-state index is 12.8. The minimum atomic E-state index is -4.23. The van der Waals surface area contributed by atoms with E-state index in [0.29, 0.717) is 57.3 Å². The zero-order valence-electron chi connectivity index (χ0n) is 21.1. The molecule has 2 aromatic rings. The van der Waals surface area contributed by atoms with Gasteiger partial charge in [0.15, 0.2) is 0 Å². The Balaban J connectivity index is 1.54. The minimum Gasteiger partial charge on any atom is -0.392 e. The number of rotatable bonds is 7. The molecule has 0 saturated carbocycles. The summed E-state index contributed by atoms with van der Waals surface area (Å²) in [5.41, 5.74) is 3.34. The quantitative estimate of drug-likeness (QED) is 0.498. The number of hydrogen-bond donors (Lipinski definition) is 3. The van der Waals surface area contributed by atoms with E-state index >= 15 is 0 Å². The summed E-state index contributed by atoms with van der Waals surface area (Å²) >= 11 is 0. The van der Waals surface area contributed by atoms with E-state index in [1.807, 2.05) is 31.2 Å². The maximum Gasteiger partial charge on any atom is 0.389 e. The van der Waals surface area contributed by atoms with Crippen molar-refractivity contribution in [2.75, 3.05) is 61.5 Å². The Morgan fingerprint density at radius 1 is 1.22 bits per heavy atom. The summed E-state index contributed by atoms with van der Waals surface area (Å²) in [6.07, 6.45) is -5.30. The van der Waals surface area contributed by atoms with Crippen molar-refractivity contribution in [2.45, 2.75) is 39.0 Å². The summed E-state index contributed by atoms with van der Waals surface area (Å²) in [5.74, 6) is 0.847. The van der Waals surface area contributed by atoms with Crippen molar-refractivity contribution in [3.05, 3.63) is 35.9 Å². The van der Waals surface area contributed by atoms with E-state index in [-0.39, 0.29) is 6.54 Å². The van der Waals surface area contributed by atoms with Gasteiger partial charge >= 0.3 is 12.2 Å². The van der Waals surface area contributed by atoms with Gasteiger partial charge in [-0.2, -0.15) is 13.2 Å². The van der Waals surface area contributed by atoms with Gasteiger partial charge in [0.05, 0.1) is 19.3 Å². The number of aliphatic hydroxyl groups is 1. The van der Waals surface area contributed by atoms with E-state index in [1.165, 1.54) is 4.90 Å². The molecule has 0 bridgehead atoms. The number of ether oxygens (including phenoxy) is 1. The number of aryl methyl sites for hydroxylation is 1. The van der Waals surface area contributed by atoms with Crippen LogP contribution in [-0.2, 0) is 4.74 Å². The standard InChI is InChI=1S/C26H34F3N5O3/c1-17-3-4-21(31-25(36)34-6-5-19(16-34)14-26(27,28)29)13-22(17)20-11-23(30-15-18(2)35)32-24(12-20)33-7-9-37-10-8-33/h3-4,11-13,18-19,35H,5-10,14-16H2,1-2H3,(H,30,32)(H,31,36)/t18-,19-/m0/s1. The van der Waals surface area contributed by atoms with Crippen LogP contribution in [0.2, 0.25) is 0 Å². The van der Waals surface area contributed by atoms with E-state index in [9.17, 15) is 23.1 Å². The molecule has 2 aliphatic heterocycles. The third kappa shape index (κ3) is 7.48. The fraction of sp³-hybridized carbons (Fsp3) is 0.538. The Morgan fingerprint density at radius 2 is 1.97 bits per heavy atom. The molecule has 0 radical (unpaired) electrons. The number of likely N-dealkylation sites (tertiary alicyclic amines) is 1. The van der Waals surface area contributed by atoms with Crippen molar-refractivity contribution < 1.29 is 27.8 Å². The lowest BCUT2D eigenvalue weighted by Crippen LogP contribution is -2.36. The molecule has 0 spiro atoms. The highest BCUT2D eigenvalue weighted by Crippen LogP contribution is 2.33. The first-order valence-corrected chi connectivity index (χ1v) is 12.6. The number of anilines is 3. The zero-order chi connectivity index (χ0) is 26.6. The predicted octanol–water partition coefficient (Wildman–Crippen LogP) is 4.49. The van der Waals surface area contributed by atoms with Gasteiger partial charge in [0.1, 0.15) is 11.6 Å². The van der Waals surface area contributed by atoms with Crippen molar-refractivity contribution >= 4 is 23.4 Å². The molecule has 1 aromatic heterocycles. The summed E-state index contributed by atoms with van der Waals surface area (Å²) in [7, 11) is 0. The van der Waals surface area contributed by atoms with Crippen LogP contribution in [-0.4, -0.2) is 79.2 Å². The Labute approximate surface area is 214 Å². The second-order valence-electron chi connectivity index (χ2n) is 9.81. The van der Waals surface area contributed by atoms with Crippen LogP contribution in [0.25, 0.3) is 11.1 Å². The molecule has 0 unspecified atom stereocenters. The highest BCUT2D eigenvalue weighted by molar-refractivity contribution is 5.91. The van der Waals surface area contributed by atoms with E-state index in [0.717, 1.165) is 22.5 Å². The Bertz CT molecular complexity index is 1090. The lowest BCUT2D eigenvalue weighted by Gasteiger charge is -2.28. The predicted molar refractivity (Wildman–Crippen MR) is 137 cm³/mol. The van der Waals surface area contributed by atoms with E-state index in [2.05, 4.69) is 15.5 Å². The first-order valence-electron chi connectivity index (χ1n) is 12.6. The van der Waals surface area contributed by atoms with Crippen LogP contribution >= 0.6 is 0 Å². The molecule has 11 heteroatoms. The summed E-state index contributed by atoms with van der Waals surface area (Å²) in [6, 6.07) is 9.06. The lowest BCUT2D eigenvalue weighted by molar-refractivity contribution is -0.143. The normalized spacial score (nSPS) is 19.1. The number of pyridine rings is 1. The van der Waals surface area contributed by atoms with E-state index in [4.69, 9.17) is 9.72 Å². The van der Waals surface area contributed by atoms with Gasteiger partial charge in [-0.25, -0.2) is 9.78 Å². The number of nitrogens with zero attached hydrogens (tertiary/aromatic N) is 3. The zero-order valence-corrected chi connectivity index (χ0v) is 21.1. The van der Waals surface area contributed by atoms with Gasteiger partial charge in [0, 0.05) is 44.8 Å². The van der Waals surface area contributed by atoms with Gasteiger partial charge < -0.3 is 30.3 Å². The summed E-state index contributed by atoms with van der Waals surface area (Å²) < 4.78 is 43.7. The Hall–Kier alpha value is -3.05. The van der Waals surface area contributed by atoms with Crippen LogP contribution < -0.4 is 15.5 Å². The maximum absolute atomic E-state index is 12.8. The van der Waals surface area contributed by atoms with Gasteiger partial charge in [0.25, 0.3) is 0 Å². The van der Waals surface area contributed by atoms with Gasteiger partial charge in [-0.3, -0.25) is 0 Å². The molecule has 2 saturated heterocycles. The van der Waals surface area contributed by atoms with Crippen LogP contribution in [0.3, 0.4) is 0 Å². The molecule has 202 valence electrons. The molecule has 4 rings (SSSR count). The molecule has 2 atom stereocenters. The molecule has 8 nitrogen and oxygen atoms in total. The van der Waals surface area contributed by atoms with Gasteiger partial charge in [0.2, 0.25) is 0 Å². The third-order valence-corrected chi connectivity index (χ3v) is 6.62. The monoisotopic (exact) mass is 521 g/mol. The summed E-state index contributed by atoms with van der Waals surface area (Å²) in [6.45, 7) is 7.07. The number of nitrogens with one attached hydrogen (secondary N) is 2.